The summed E-state index contributed by atoms with van der Waals surface area (Å²) < 4.78 is 33.2. The molecule has 1 heterocycles. The Morgan fingerprint density at radius 2 is 1.91 bits per heavy atom. The number of thiophene rings is 1. The summed E-state index contributed by atoms with van der Waals surface area (Å²) in [4.78, 5) is 15.4. The zero-order valence-corrected chi connectivity index (χ0v) is 15.3. The van der Waals surface area contributed by atoms with E-state index in [-0.39, 0.29) is 19.5 Å². The number of methoxy groups -OCH3 is 2. The van der Waals surface area contributed by atoms with Gasteiger partial charge < -0.3 is 19.6 Å². The summed E-state index contributed by atoms with van der Waals surface area (Å²) in [6.45, 7) is 1.42. The number of nitrogens with one attached hydrogen (secondary N) is 1. The van der Waals surface area contributed by atoms with Gasteiger partial charge >= 0.3 is 0 Å². The van der Waals surface area contributed by atoms with Gasteiger partial charge in [0.15, 0.2) is 4.21 Å². The van der Waals surface area contributed by atoms with Crippen LogP contribution in [0.1, 0.15) is 9.67 Å². The predicted molar refractivity (Wildman–Crippen MR) is 83.8 cm³/mol. The van der Waals surface area contributed by atoms with Gasteiger partial charge in [-0.25, -0.2) is 8.42 Å². The van der Waals surface area contributed by atoms with Crippen LogP contribution in [-0.4, -0.2) is 65.0 Å². The smallest absolute Gasteiger partial charge is 0.272 e. The van der Waals surface area contributed by atoms with Crippen LogP contribution in [-0.2, 0) is 19.5 Å². The second-order valence-corrected chi connectivity index (χ2v) is 7.88. The Hall–Kier alpha value is -0.560. The van der Waals surface area contributed by atoms with Gasteiger partial charge in [-0.15, -0.1) is 11.3 Å². The molecule has 0 radical (unpaired) electrons. The number of ether oxygens (including phenoxy) is 2. The van der Waals surface area contributed by atoms with Gasteiger partial charge in [0.25, 0.3) is 15.9 Å². The molecular formula is C11H17BrN2O6S2. The van der Waals surface area contributed by atoms with Crippen LogP contribution in [0.4, 0.5) is 0 Å². The van der Waals surface area contributed by atoms with Gasteiger partial charge in [-0.05, 0) is 22.0 Å². The maximum Gasteiger partial charge on any atom is 0.272 e. The van der Waals surface area contributed by atoms with Crippen molar-refractivity contribution in [1.29, 1.82) is 0 Å². The van der Waals surface area contributed by atoms with Crippen LogP contribution in [0.25, 0.3) is 0 Å². The van der Waals surface area contributed by atoms with Gasteiger partial charge in [0.05, 0.1) is 18.1 Å². The average molecular weight is 417 g/mol. The topological polar surface area (TPSA) is 105 Å². The number of carbonyl (C=O) groups excluding carboxylic acids is 1. The lowest BCUT2D eigenvalue weighted by Crippen LogP contribution is -2.36. The van der Waals surface area contributed by atoms with Crippen LogP contribution in [0.3, 0.4) is 0 Å². The van der Waals surface area contributed by atoms with E-state index in [1.165, 1.54) is 30.1 Å². The fourth-order valence-electron chi connectivity index (χ4n) is 1.56. The van der Waals surface area contributed by atoms with Crippen molar-refractivity contribution < 1.29 is 27.9 Å². The fraction of sp³-hybridized carbons (Fsp3) is 0.545. The molecule has 0 saturated carbocycles. The first-order valence-electron chi connectivity index (χ1n) is 6.09. The molecule has 126 valence electrons. The van der Waals surface area contributed by atoms with Crippen LogP contribution >= 0.6 is 27.3 Å². The van der Waals surface area contributed by atoms with Gasteiger partial charge in [0.1, 0.15) is 0 Å². The van der Waals surface area contributed by atoms with Crippen molar-refractivity contribution in [2.75, 3.05) is 40.5 Å². The highest BCUT2D eigenvalue weighted by Crippen LogP contribution is 2.32. The largest absolute Gasteiger partial charge is 0.383 e. The lowest BCUT2D eigenvalue weighted by atomic mass is 10.4. The van der Waals surface area contributed by atoms with Crippen molar-refractivity contribution in [1.82, 2.24) is 9.79 Å². The van der Waals surface area contributed by atoms with Gasteiger partial charge in [-0.2, -0.15) is 0 Å². The quantitative estimate of drug-likeness (QED) is 0.579. The first kappa shape index (κ1) is 19.5. The van der Waals surface area contributed by atoms with E-state index < -0.39 is 10.0 Å². The van der Waals surface area contributed by atoms with Gasteiger partial charge in [-0.3, -0.25) is 4.79 Å². The molecule has 1 aromatic heterocycles. The average Bonchev–Trinajstić information content (AvgIpc) is 2.89. The van der Waals surface area contributed by atoms with Crippen molar-refractivity contribution in [2.45, 2.75) is 4.21 Å². The number of carbonyl (C=O) groups is 1. The molecular weight excluding hydrogens is 400 g/mol. The highest BCUT2D eigenvalue weighted by atomic mass is 79.9. The third kappa shape index (κ3) is 4.98. The third-order valence-electron chi connectivity index (χ3n) is 2.65. The van der Waals surface area contributed by atoms with Gasteiger partial charge in [0.2, 0.25) is 0 Å². The minimum absolute atomic E-state index is 0.170. The van der Waals surface area contributed by atoms with Crippen molar-refractivity contribution in [2.24, 2.45) is 0 Å². The molecule has 2 N–H and O–H groups in total. The highest BCUT2D eigenvalue weighted by molar-refractivity contribution is 9.10. The summed E-state index contributed by atoms with van der Waals surface area (Å²) in [5, 5.41) is 8.68. The number of sulfonamides is 1. The summed E-state index contributed by atoms with van der Waals surface area (Å²) in [7, 11) is -0.992. The van der Waals surface area contributed by atoms with E-state index in [2.05, 4.69) is 15.9 Å². The van der Waals surface area contributed by atoms with Crippen LogP contribution in [0.2, 0.25) is 0 Å². The summed E-state index contributed by atoms with van der Waals surface area (Å²) >= 11 is 3.84. The Morgan fingerprint density at radius 1 is 1.36 bits per heavy atom. The van der Waals surface area contributed by atoms with E-state index in [0.717, 1.165) is 11.3 Å². The van der Waals surface area contributed by atoms with E-state index in [4.69, 9.17) is 14.7 Å². The standard InChI is InChI=1S/C11H17BrN2O6S2/c1-19-5-3-14(4-6-20-2)10(15)9-7-8(12)11(21-9)22(17,18)13-16/h7,13,16H,3-6H2,1-2H3. The molecule has 0 unspecified atom stereocenters. The Balaban J connectivity index is 3.01. The van der Waals surface area contributed by atoms with Crippen molar-refractivity contribution in [3.8, 4) is 0 Å². The molecule has 1 aromatic rings. The Morgan fingerprint density at radius 3 is 2.36 bits per heavy atom. The molecule has 8 nitrogen and oxygen atoms in total. The maximum absolute atomic E-state index is 12.5. The Bertz CT molecular complexity index is 596. The van der Waals surface area contributed by atoms with Crippen LogP contribution in [0.15, 0.2) is 14.7 Å². The number of nitrogens with zero attached hydrogens (tertiary/aromatic N) is 1. The van der Waals surface area contributed by atoms with Crippen molar-refractivity contribution in [3.63, 3.8) is 0 Å². The molecule has 0 aromatic carbocycles. The molecule has 0 bridgehead atoms. The number of hydrogen-bond acceptors (Lipinski definition) is 7. The zero-order chi connectivity index (χ0) is 16.8. The molecule has 1 rings (SSSR count). The zero-order valence-electron chi connectivity index (χ0n) is 12.0. The molecule has 0 aliphatic rings. The summed E-state index contributed by atoms with van der Waals surface area (Å²) in [5.74, 6) is -0.334. The maximum atomic E-state index is 12.5. The molecule has 0 saturated heterocycles. The number of amides is 1. The van der Waals surface area contributed by atoms with E-state index in [9.17, 15) is 13.2 Å². The van der Waals surface area contributed by atoms with Crippen molar-refractivity contribution in [3.05, 3.63) is 15.4 Å². The molecule has 0 aliphatic carbocycles. The summed E-state index contributed by atoms with van der Waals surface area (Å²) in [6.07, 6.45) is 0. The monoisotopic (exact) mass is 416 g/mol. The van der Waals surface area contributed by atoms with Gasteiger partial charge in [0, 0.05) is 31.8 Å². The minimum Gasteiger partial charge on any atom is -0.383 e. The molecule has 11 heteroatoms. The number of hydrogen-bond donors (Lipinski definition) is 2. The van der Waals surface area contributed by atoms with E-state index in [1.807, 2.05) is 0 Å². The van der Waals surface area contributed by atoms with Crippen LogP contribution in [0.5, 0.6) is 0 Å². The van der Waals surface area contributed by atoms with Crippen LogP contribution in [0, 0.1) is 0 Å². The fourth-order valence-corrected chi connectivity index (χ4v) is 4.79. The lowest BCUT2D eigenvalue weighted by molar-refractivity contribution is 0.0632. The Labute approximate surface area is 141 Å². The number of halogens is 1. The SMILES string of the molecule is COCCN(CCOC)C(=O)c1cc(Br)c(S(=O)(=O)NO)s1. The molecule has 22 heavy (non-hydrogen) atoms. The second kappa shape index (κ2) is 8.91. The second-order valence-electron chi connectivity index (χ2n) is 4.12. The molecule has 0 spiro atoms. The summed E-state index contributed by atoms with van der Waals surface area (Å²) in [5.41, 5.74) is 0. The van der Waals surface area contributed by atoms with E-state index in [0.29, 0.717) is 26.3 Å². The Kier molecular flexibility index (Phi) is 7.89. The minimum atomic E-state index is -4.04. The van der Waals surface area contributed by atoms with Gasteiger partial charge in [-0.1, -0.05) is 4.89 Å². The highest BCUT2D eigenvalue weighted by Gasteiger charge is 2.25. The first-order chi connectivity index (χ1) is 10.4. The molecule has 0 aliphatic heterocycles. The normalized spacial score (nSPS) is 11.6. The van der Waals surface area contributed by atoms with E-state index in [1.54, 1.807) is 0 Å². The predicted octanol–water partition coefficient (Wildman–Crippen LogP) is 0.913. The van der Waals surface area contributed by atoms with Crippen LogP contribution < -0.4 is 4.89 Å². The lowest BCUT2D eigenvalue weighted by Gasteiger charge is -2.21. The van der Waals surface area contributed by atoms with E-state index >= 15 is 0 Å². The summed E-state index contributed by atoms with van der Waals surface area (Å²) in [6, 6.07) is 1.41. The first-order valence-corrected chi connectivity index (χ1v) is 9.19. The number of rotatable bonds is 9. The molecule has 1 amide bonds. The molecule has 0 fully saturated rings. The third-order valence-corrected chi connectivity index (χ3v) is 6.57. The van der Waals surface area contributed by atoms with Crippen molar-refractivity contribution >= 4 is 43.2 Å². The molecule has 0 atom stereocenters.